The maximum absolute atomic E-state index is 13.1. The maximum Gasteiger partial charge on any atom is 0.282 e. The van der Waals surface area contributed by atoms with Gasteiger partial charge in [-0.25, -0.2) is 4.98 Å². The Bertz CT molecular complexity index is 1460. The number of halogens is 1. The zero-order chi connectivity index (χ0) is 20.0. The van der Waals surface area contributed by atoms with Gasteiger partial charge in [0.05, 0.1) is 17.1 Å². The molecule has 3 heterocycles. The topological polar surface area (TPSA) is 73.5 Å². The van der Waals surface area contributed by atoms with Gasteiger partial charge in [-0.15, -0.1) is 0 Å². The molecule has 0 aliphatic carbocycles. The van der Waals surface area contributed by atoms with E-state index in [4.69, 9.17) is 20.4 Å². The number of aryl methyl sites for hydroxylation is 1. The van der Waals surface area contributed by atoms with Gasteiger partial charge in [-0.05, 0) is 55.5 Å². The Kier molecular flexibility index (Phi) is 4.07. The highest BCUT2D eigenvalue weighted by molar-refractivity contribution is 6.31. The highest BCUT2D eigenvalue weighted by Crippen LogP contribution is 2.29. The molecule has 0 aliphatic rings. The first-order valence-corrected chi connectivity index (χ1v) is 9.28. The van der Waals surface area contributed by atoms with Crippen LogP contribution >= 0.6 is 11.6 Å². The Labute approximate surface area is 169 Å². The molecular formula is C22H14ClN3O3. The summed E-state index contributed by atoms with van der Waals surface area (Å²) < 4.78 is 12.7. The Morgan fingerprint density at radius 2 is 1.93 bits per heavy atom. The minimum Gasteiger partial charge on any atom is -0.460 e. The predicted octanol–water partition coefficient (Wildman–Crippen LogP) is 5.25. The third kappa shape index (κ3) is 3.13. The van der Waals surface area contributed by atoms with Crippen molar-refractivity contribution in [3.63, 3.8) is 0 Å². The molecule has 0 amide bonds. The fourth-order valence-electron chi connectivity index (χ4n) is 3.15. The molecule has 5 aromatic rings. The lowest BCUT2D eigenvalue weighted by molar-refractivity contribution is 0.527. The molecule has 0 saturated heterocycles. The third-order valence-electron chi connectivity index (χ3n) is 4.51. The quantitative estimate of drug-likeness (QED) is 0.386. The second-order valence-electron chi connectivity index (χ2n) is 6.56. The molecule has 0 spiro atoms. The lowest BCUT2D eigenvalue weighted by atomic mass is 10.2. The summed E-state index contributed by atoms with van der Waals surface area (Å²) in [6.45, 7) is 1.84. The second-order valence-corrected chi connectivity index (χ2v) is 6.99. The van der Waals surface area contributed by atoms with E-state index < -0.39 is 0 Å². The molecule has 0 aliphatic heterocycles. The average molecular weight is 404 g/mol. The van der Waals surface area contributed by atoms with Crippen LogP contribution in [0, 0.1) is 6.92 Å². The number of aromatic nitrogens is 2. The summed E-state index contributed by atoms with van der Waals surface area (Å²) >= 11 is 6.08. The van der Waals surface area contributed by atoms with Gasteiger partial charge in [0.1, 0.15) is 17.1 Å². The fraction of sp³-hybridized carbons (Fsp3) is 0.0455. The van der Waals surface area contributed by atoms with Crippen molar-refractivity contribution in [2.24, 2.45) is 5.10 Å². The first-order valence-electron chi connectivity index (χ1n) is 8.90. The molecule has 0 fully saturated rings. The molecule has 7 heteroatoms. The Morgan fingerprint density at radius 1 is 1.07 bits per heavy atom. The number of para-hydroxylation sites is 1. The smallest absolute Gasteiger partial charge is 0.282 e. The van der Waals surface area contributed by atoms with Crippen molar-refractivity contribution < 1.29 is 8.83 Å². The molecule has 0 saturated carbocycles. The molecule has 3 aromatic heterocycles. The van der Waals surface area contributed by atoms with Crippen LogP contribution in [0.1, 0.15) is 11.5 Å². The Morgan fingerprint density at radius 3 is 2.76 bits per heavy atom. The standard InChI is InChI=1S/C22H14ClN3O3/c1-13-6-8-16(28-13)12-24-26-21(25-18-5-3-2-4-17(18)22(26)27)20-11-14-10-15(23)7-9-19(14)29-20/h2-12H,1H3. The number of rotatable bonds is 3. The molecular weight excluding hydrogens is 390 g/mol. The summed E-state index contributed by atoms with van der Waals surface area (Å²) in [7, 11) is 0. The van der Waals surface area contributed by atoms with E-state index in [1.165, 1.54) is 10.9 Å². The normalized spacial score (nSPS) is 11.8. The maximum atomic E-state index is 13.1. The van der Waals surface area contributed by atoms with Crippen LogP contribution in [0.2, 0.25) is 5.02 Å². The summed E-state index contributed by atoms with van der Waals surface area (Å²) in [4.78, 5) is 17.8. The van der Waals surface area contributed by atoms with Gasteiger partial charge < -0.3 is 8.83 Å². The monoisotopic (exact) mass is 403 g/mol. The lowest BCUT2D eigenvalue weighted by Crippen LogP contribution is -2.20. The largest absolute Gasteiger partial charge is 0.460 e. The van der Waals surface area contributed by atoms with Gasteiger partial charge in [-0.2, -0.15) is 9.78 Å². The van der Waals surface area contributed by atoms with Gasteiger partial charge >= 0.3 is 0 Å². The van der Waals surface area contributed by atoms with Gasteiger partial charge in [-0.1, -0.05) is 23.7 Å². The van der Waals surface area contributed by atoms with E-state index in [0.29, 0.717) is 38.9 Å². The Hall–Kier alpha value is -3.64. The van der Waals surface area contributed by atoms with Crippen LogP contribution in [0.15, 0.2) is 79.4 Å². The van der Waals surface area contributed by atoms with Crippen molar-refractivity contribution in [1.29, 1.82) is 0 Å². The SMILES string of the molecule is Cc1ccc(C=Nn2c(-c3cc4cc(Cl)ccc4o3)nc3ccccc3c2=O)o1. The summed E-state index contributed by atoms with van der Waals surface area (Å²) in [5.41, 5.74) is 0.902. The molecule has 5 rings (SSSR count). The highest BCUT2D eigenvalue weighted by atomic mass is 35.5. The molecule has 6 nitrogen and oxygen atoms in total. The van der Waals surface area contributed by atoms with Crippen molar-refractivity contribution >= 4 is 39.7 Å². The van der Waals surface area contributed by atoms with Gasteiger partial charge in [0.25, 0.3) is 5.56 Å². The van der Waals surface area contributed by atoms with Crippen LogP contribution in [0.5, 0.6) is 0 Å². The summed E-state index contributed by atoms with van der Waals surface area (Å²) in [6.07, 6.45) is 1.48. The van der Waals surface area contributed by atoms with Crippen LogP contribution in [-0.4, -0.2) is 15.9 Å². The zero-order valence-electron chi connectivity index (χ0n) is 15.3. The van der Waals surface area contributed by atoms with E-state index in [2.05, 4.69) is 10.1 Å². The fourth-order valence-corrected chi connectivity index (χ4v) is 3.33. The van der Waals surface area contributed by atoms with Crippen molar-refractivity contribution in [2.75, 3.05) is 0 Å². The van der Waals surface area contributed by atoms with E-state index in [9.17, 15) is 4.79 Å². The molecule has 0 atom stereocenters. The molecule has 29 heavy (non-hydrogen) atoms. The first kappa shape index (κ1) is 17.5. The van der Waals surface area contributed by atoms with Gasteiger partial charge in [0.15, 0.2) is 5.76 Å². The van der Waals surface area contributed by atoms with Gasteiger partial charge in [0, 0.05) is 10.4 Å². The predicted molar refractivity (Wildman–Crippen MR) is 113 cm³/mol. The molecule has 0 bridgehead atoms. The van der Waals surface area contributed by atoms with Crippen LogP contribution in [-0.2, 0) is 0 Å². The van der Waals surface area contributed by atoms with Crippen LogP contribution in [0.25, 0.3) is 33.5 Å². The van der Waals surface area contributed by atoms with E-state index in [1.807, 2.05) is 19.1 Å². The number of nitrogens with zero attached hydrogens (tertiary/aromatic N) is 3. The van der Waals surface area contributed by atoms with Crippen molar-refractivity contribution in [3.05, 3.63) is 87.6 Å². The first-order chi connectivity index (χ1) is 14.1. The zero-order valence-corrected chi connectivity index (χ0v) is 16.1. The second kappa shape index (κ2) is 6.76. The van der Waals surface area contributed by atoms with Crippen LogP contribution in [0.3, 0.4) is 0 Å². The molecule has 0 N–H and O–H groups in total. The minimum atomic E-state index is -0.302. The highest BCUT2D eigenvalue weighted by Gasteiger charge is 2.16. The van der Waals surface area contributed by atoms with Crippen molar-refractivity contribution in [2.45, 2.75) is 6.92 Å². The minimum absolute atomic E-state index is 0.292. The number of hydrogen-bond acceptors (Lipinski definition) is 5. The van der Waals surface area contributed by atoms with Crippen LogP contribution < -0.4 is 5.56 Å². The average Bonchev–Trinajstić information content (AvgIpc) is 3.32. The Balaban J connectivity index is 1.75. The van der Waals surface area contributed by atoms with E-state index in [0.717, 1.165) is 11.1 Å². The molecule has 0 radical (unpaired) electrons. The number of hydrogen-bond donors (Lipinski definition) is 0. The van der Waals surface area contributed by atoms with Crippen molar-refractivity contribution in [3.8, 4) is 11.6 Å². The van der Waals surface area contributed by atoms with E-state index >= 15 is 0 Å². The summed E-state index contributed by atoms with van der Waals surface area (Å²) in [5, 5.41) is 6.21. The number of furan rings is 2. The van der Waals surface area contributed by atoms with Gasteiger partial charge in [-0.3, -0.25) is 4.79 Å². The molecule has 0 unspecified atom stereocenters. The third-order valence-corrected chi connectivity index (χ3v) is 4.75. The van der Waals surface area contributed by atoms with Crippen molar-refractivity contribution in [1.82, 2.24) is 9.66 Å². The summed E-state index contributed by atoms with van der Waals surface area (Å²) in [6, 6.07) is 17.8. The summed E-state index contributed by atoms with van der Waals surface area (Å²) in [5.74, 6) is 1.99. The molecule has 2 aromatic carbocycles. The number of benzene rings is 2. The van der Waals surface area contributed by atoms with E-state index in [1.54, 1.807) is 48.5 Å². The van der Waals surface area contributed by atoms with E-state index in [-0.39, 0.29) is 5.56 Å². The lowest BCUT2D eigenvalue weighted by Gasteiger charge is -2.06. The molecule has 142 valence electrons. The van der Waals surface area contributed by atoms with Crippen LogP contribution in [0.4, 0.5) is 0 Å². The number of fused-ring (bicyclic) bond motifs is 2. The van der Waals surface area contributed by atoms with Gasteiger partial charge in [0.2, 0.25) is 5.82 Å².